The second-order valence-electron chi connectivity index (χ2n) is 3.73. The zero-order valence-electron chi connectivity index (χ0n) is 9.37. The van der Waals surface area contributed by atoms with Crippen LogP contribution in [0.4, 0.5) is 0 Å². The average Bonchev–Trinajstić information content (AvgIpc) is 2.26. The molecule has 0 aliphatic carbocycles. The molecule has 0 atom stereocenters. The highest BCUT2D eigenvalue weighted by atomic mass is 16.4. The van der Waals surface area contributed by atoms with Crippen LogP contribution in [0.15, 0.2) is 30.3 Å². The molecule has 2 N–H and O–H groups in total. The molecule has 0 saturated heterocycles. The Morgan fingerprint density at radius 1 is 1.00 bits per heavy atom. The largest absolute Gasteiger partial charge is 0.480 e. The summed E-state index contributed by atoms with van der Waals surface area (Å²) in [6.07, 6.45) is 0.640. The third kappa shape index (κ3) is 5.67. The molecule has 0 spiro atoms. The van der Waals surface area contributed by atoms with Crippen molar-refractivity contribution in [3.05, 3.63) is 35.9 Å². The van der Waals surface area contributed by atoms with Gasteiger partial charge in [-0.2, -0.15) is 0 Å². The summed E-state index contributed by atoms with van der Waals surface area (Å²) >= 11 is 0. The lowest BCUT2D eigenvalue weighted by atomic mass is 10.1. The minimum absolute atomic E-state index is 0.251. The van der Waals surface area contributed by atoms with E-state index in [9.17, 15) is 9.59 Å². The van der Waals surface area contributed by atoms with Crippen LogP contribution in [-0.4, -0.2) is 46.7 Å². The lowest BCUT2D eigenvalue weighted by Crippen LogP contribution is -2.35. The fourth-order valence-corrected chi connectivity index (χ4v) is 1.53. The van der Waals surface area contributed by atoms with Crippen LogP contribution in [0.3, 0.4) is 0 Å². The van der Waals surface area contributed by atoms with Gasteiger partial charge in [-0.05, 0) is 12.0 Å². The maximum atomic E-state index is 10.6. The molecule has 0 aromatic heterocycles. The fraction of sp³-hybridized carbons (Fsp3) is 0.333. The van der Waals surface area contributed by atoms with E-state index in [4.69, 9.17) is 10.2 Å². The monoisotopic (exact) mass is 237 g/mol. The summed E-state index contributed by atoms with van der Waals surface area (Å²) in [4.78, 5) is 22.5. The third-order valence-corrected chi connectivity index (χ3v) is 2.28. The van der Waals surface area contributed by atoms with Crippen LogP contribution in [-0.2, 0) is 16.0 Å². The average molecular weight is 237 g/mol. The van der Waals surface area contributed by atoms with Gasteiger partial charge in [0.1, 0.15) is 0 Å². The van der Waals surface area contributed by atoms with Crippen LogP contribution in [0.2, 0.25) is 0 Å². The van der Waals surface area contributed by atoms with Crippen molar-refractivity contribution in [1.82, 2.24) is 4.90 Å². The van der Waals surface area contributed by atoms with Crippen LogP contribution in [0, 0.1) is 0 Å². The van der Waals surface area contributed by atoms with Crippen molar-refractivity contribution in [2.75, 3.05) is 19.6 Å². The predicted octanol–water partition coefficient (Wildman–Crippen LogP) is 0.700. The smallest absolute Gasteiger partial charge is 0.317 e. The minimum atomic E-state index is -1.01. The van der Waals surface area contributed by atoms with E-state index in [2.05, 4.69) is 0 Å². The summed E-state index contributed by atoms with van der Waals surface area (Å²) in [5, 5.41) is 17.3. The van der Waals surface area contributed by atoms with Crippen molar-refractivity contribution >= 4 is 11.9 Å². The van der Waals surface area contributed by atoms with Gasteiger partial charge in [-0.1, -0.05) is 30.3 Å². The summed E-state index contributed by atoms with van der Waals surface area (Å²) in [5.74, 6) is -2.03. The molecule has 1 aromatic carbocycles. The first-order chi connectivity index (χ1) is 8.08. The molecule has 0 bridgehead atoms. The van der Waals surface area contributed by atoms with Gasteiger partial charge in [0, 0.05) is 6.54 Å². The highest BCUT2D eigenvalue weighted by molar-refractivity contribution is 5.72. The Morgan fingerprint density at radius 2 is 1.53 bits per heavy atom. The van der Waals surface area contributed by atoms with E-state index in [0.717, 1.165) is 5.56 Å². The van der Waals surface area contributed by atoms with E-state index in [1.54, 1.807) is 0 Å². The third-order valence-electron chi connectivity index (χ3n) is 2.28. The van der Waals surface area contributed by atoms with E-state index in [1.807, 2.05) is 30.3 Å². The van der Waals surface area contributed by atoms with Gasteiger partial charge < -0.3 is 10.2 Å². The first-order valence-electron chi connectivity index (χ1n) is 5.28. The van der Waals surface area contributed by atoms with Gasteiger partial charge in [0.2, 0.25) is 0 Å². The number of aliphatic carboxylic acids is 2. The molecule has 0 saturated carbocycles. The quantitative estimate of drug-likeness (QED) is 0.730. The minimum Gasteiger partial charge on any atom is -0.480 e. The van der Waals surface area contributed by atoms with Crippen LogP contribution in [0.1, 0.15) is 5.56 Å². The van der Waals surface area contributed by atoms with Crippen LogP contribution < -0.4 is 0 Å². The van der Waals surface area contributed by atoms with Crippen molar-refractivity contribution in [2.24, 2.45) is 0 Å². The maximum Gasteiger partial charge on any atom is 0.317 e. The lowest BCUT2D eigenvalue weighted by Gasteiger charge is -2.17. The van der Waals surface area contributed by atoms with Gasteiger partial charge in [0.15, 0.2) is 0 Å². The number of carbonyl (C=O) groups is 2. The van der Waals surface area contributed by atoms with Crippen molar-refractivity contribution in [3.63, 3.8) is 0 Å². The number of hydrogen-bond donors (Lipinski definition) is 2. The summed E-state index contributed by atoms with van der Waals surface area (Å²) < 4.78 is 0. The van der Waals surface area contributed by atoms with E-state index in [-0.39, 0.29) is 13.1 Å². The van der Waals surface area contributed by atoms with Crippen molar-refractivity contribution in [2.45, 2.75) is 6.42 Å². The maximum absolute atomic E-state index is 10.6. The second-order valence-corrected chi connectivity index (χ2v) is 3.73. The molecule has 0 heterocycles. The molecule has 0 aliphatic rings. The summed E-state index contributed by atoms with van der Waals surface area (Å²) in [5.41, 5.74) is 1.06. The van der Waals surface area contributed by atoms with Crippen molar-refractivity contribution in [1.29, 1.82) is 0 Å². The van der Waals surface area contributed by atoms with Gasteiger partial charge in [-0.15, -0.1) is 0 Å². The fourth-order valence-electron chi connectivity index (χ4n) is 1.53. The Morgan fingerprint density at radius 3 is 2.00 bits per heavy atom. The van der Waals surface area contributed by atoms with Gasteiger partial charge in [0.25, 0.3) is 0 Å². The van der Waals surface area contributed by atoms with Crippen molar-refractivity contribution < 1.29 is 19.8 Å². The normalized spacial score (nSPS) is 10.4. The number of benzene rings is 1. The molecule has 0 fully saturated rings. The molecule has 5 heteroatoms. The molecule has 0 radical (unpaired) electrons. The number of hydrogen-bond acceptors (Lipinski definition) is 3. The Bertz CT molecular complexity index is 361. The molecule has 92 valence electrons. The Labute approximate surface area is 99.3 Å². The first kappa shape index (κ1) is 13.2. The van der Waals surface area contributed by atoms with Crippen molar-refractivity contribution in [3.8, 4) is 0 Å². The zero-order chi connectivity index (χ0) is 12.7. The first-order valence-corrected chi connectivity index (χ1v) is 5.28. The number of rotatable bonds is 7. The molecule has 0 amide bonds. The van der Waals surface area contributed by atoms with Gasteiger partial charge in [-0.3, -0.25) is 14.5 Å². The standard InChI is InChI=1S/C12H15NO4/c14-11(15)8-13(9-12(16)17)7-6-10-4-2-1-3-5-10/h1-5H,6-9H2,(H,14,15)(H,16,17). The molecule has 1 rings (SSSR count). The van der Waals surface area contributed by atoms with Gasteiger partial charge in [-0.25, -0.2) is 0 Å². The Hall–Kier alpha value is -1.88. The molecule has 0 unspecified atom stereocenters. The van der Waals surface area contributed by atoms with Gasteiger partial charge in [0.05, 0.1) is 13.1 Å². The zero-order valence-corrected chi connectivity index (χ0v) is 9.37. The van der Waals surface area contributed by atoms with E-state index >= 15 is 0 Å². The SMILES string of the molecule is O=C(O)CN(CCc1ccccc1)CC(=O)O. The molecule has 5 nitrogen and oxygen atoms in total. The summed E-state index contributed by atoms with van der Waals surface area (Å²) in [6.45, 7) is -0.0825. The van der Waals surface area contributed by atoms with E-state index in [1.165, 1.54) is 4.90 Å². The van der Waals surface area contributed by atoms with E-state index < -0.39 is 11.9 Å². The highest BCUT2D eigenvalue weighted by Gasteiger charge is 2.12. The molecule has 0 aliphatic heterocycles. The Balaban J connectivity index is 2.48. The summed E-state index contributed by atoms with van der Waals surface area (Å²) in [6, 6.07) is 9.55. The molecular weight excluding hydrogens is 222 g/mol. The predicted molar refractivity (Wildman–Crippen MR) is 61.9 cm³/mol. The summed E-state index contributed by atoms with van der Waals surface area (Å²) in [7, 11) is 0. The number of carboxylic acid groups (broad SMARTS) is 2. The van der Waals surface area contributed by atoms with Crippen LogP contribution in [0.25, 0.3) is 0 Å². The Kier molecular flexibility index (Phi) is 5.16. The molecule has 1 aromatic rings. The van der Waals surface area contributed by atoms with E-state index in [0.29, 0.717) is 13.0 Å². The number of nitrogens with zero attached hydrogens (tertiary/aromatic N) is 1. The molecular formula is C12H15NO4. The number of carboxylic acids is 2. The highest BCUT2D eigenvalue weighted by Crippen LogP contribution is 2.01. The lowest BCUT2D eigenvalue weighted by molar-refractivity contribution is -0.141. The van der Waals surface area contributed by atoms with Gasteiger partial charge >= 0.3 is 11.9 Å². The second kappa shape index (κ2) is 6.65. The molecule has 17 heavy (non-hydrogen) atoms. The van der Waals surface area contributed by atoms with Crippen LogP contribution >= 0.6 is 0 Å². The van der Waals surface area contributed by atoms with Crippen LogP contribution in [0.5, 0.6) is 0 Å². The topological polar surface area (TPSA) is 77.8 Å².